The summed E-state index contributed by atoms with van der Waals surface area (Å²) in [5.74, 6) is 0.211. The maximum Gasteiger partial charge on any atom is 0.266 e. The van der Waals surface area contributed by atoms with Gasteiger partial charge in [0.25, 0.3) is 5.91 Å². The van der Waals surface area contributed by atoms with Gasteiger partial charge in [0.2, 0.25) is 0 Å². The standard InChI is InChI=1S/C13H12Cl2N2O2S/c1-7-6-16-13(20-7)17-12(18)8(2)19-9-3-4-10(14)11(15)5-9/h3-6,8H,1-2H3,(H,16,17,18). The minimum atomic E-state index is -0.670. The average molecular weight is 331 g/mol. The average Bonchev–Trinajstić information content (AvgIpc) is 2.79. The van der Waals surface area contributed by atoms with Gasteiger partial charge in [-0.1, -0.05) is 23.2 Å². The topological polar surface area (TPSA) is 51.2 Å². The van der Waals surface area contributed by atoms with Crippen molar-refractivity contribution in [2.45, 2.75) is 20.0 Å². The van der Waals surface area contributed by atoms with Gasteiger partial charge in [0.05, 0.1) is 10.0 Å². The van der Waals surface area contributed by atoms with Gasteiger partial charge in [-0.15, -0.1) is 11.3 Å². The number of carbonyl (C=O) groups is 1. The fraction of sp³-hybridized carbons (Fsp3) is 0.231. The maximum atomic E-state index is 11.9. The van der Waals surface area contributed by atoms with E-state index in [9.17, 15) is 4.79 Å². The van der Waals surface area contributed by atoms with E-state index < -0.39 is 6.10 Å². The van der Waals surface area contributed by atoms with E-state index in [0.29, 0.717) is 20.9 Å². The number of nitrogens with one attached hydrogen (secondary N) is 1. The lowest BCUT2D eigenvalue weighted by atomic mass is 10.3. The van der Waals surface area contributed by atoms with Crippen molar-refractivity contribution < 1.29 is 9.53 Å². The monoisotopic (exact) mass is 330 g/mol. The molecular formula is C13H12Cl2N2O2S. The minimum absolute atomic E-state index is 0.273. The molecule has 1 amide bonds. The van der Waals surface area contributed by atoms with Crippen molar-refractivity contribution in [2.24, 2.45) is 0 Å². The second-order valence-electron chi connectivity index (χ2n) is 4.10. The van der Waals surface area contributed by atoms with Crippen LogP contribution in [0, 0.1) is 6.92 Å². The van der Waals surface area contributed by atoms with Crippen molar-refractivity contribution in [3.63, 3.8) is 0 Å². The van der Waals surface area contributed by atoms with Crippen molar-refractivity contribution in [3.05, 3.63) is 39.3 Å². The number of hydrogen-bond acceptors (Lipinski definition) is 4. The van der Waals surface area contributed by atoms with Crippen LogP contribution in [0.4, 0.5) is 5.13 Å². The Morgan fingerprint density at radius 1 is 1.40 bits per heavy atom. The van der Waals surface area contributed by atoms with Crippen LogP contribution in [0.1, 0.15) is 11.8 Å². The number of hydrogen-bond donors (Lipinski definition) is 1. The van der Waals surface area contributed by atoms with Gasteiger partial charge >= 0.3 is 0 Å². The molecular weight excluding hydrogens is 319 g/mol. The summed E-state index contributed by atoms with van der Waals surface area (Å²) in [6.45, 7) is 3.57. The lowest BCUT2D eigenvalue weighted by molar-refractivity contribution is -0.122. The SMILES string of the molecule is Cc1cnc(NC(=O)C(C)Oc2ccc(Cl)c(Cl)c2)s1. The first-order valence-corrected chi connectivity index (χ1v) is 7.38. The summed E-state index contributed by atoms with van der Waals surface area (Å²) in [4.78, 5) is 17.0. The van der Waals surface area contributed by atoms with Crippen LogP contribution in [-0.2, 0) is 4.79 Å². The molecule has 1 atom stereocenters. The van der Waals surface area contributed by atoms with E-state index in [4.69, 9.17) is 27.9 Å². The van der Waals surface area contributed by atoms with Crippen molar-refractivity contribution in [1.82, 2.24) is 4.98 Å². The largest absolute Gasteiger partial charge is 0.481 e. The zero-order valence-corrected chi connectivity index (χ0v) is 13.1. The van der Waals surface area contributed by atoms with Crippen molar-refractivity contribution in [2.75, 3.05) is 5.32 Å². The molecule has 1 heterocycles. The number of halogens is 2. The Hall–Kier alpha value is -1.30. The molecule has 20 heavy (non-hydrogen) atoms. The third-order valence-electron chi connectivity index (χ3n) is 2.42. The van der Waals surface area contributed by atoms with Gasteiger partial charge in [0.15, 0.2) is 11.2 Å². The van der Waals surface area contributed by atoms with E-state index >= 15 is 0 Å². The fourth-order valence-corrected chi connectivity index (χ4v) is 2.38. The van der Waals surface area contributed by atoms with Crippen LogP contribution in [0.15, 0.2) is 24.4 Å². The highest BCUT2D eigenvalue weighted by Crippen LogP contribution is 2.27. The van der Waals surface area contributed by atoms with Crippen molar-refractivity contribution in [1.29, 1.82) is 0 Å². The Labute approximate surface area is 130 Å². The van der Waals surface area contributed by atoms with Gasteiger partial charge in [-0.3, -0.25) is 10.1 Å². The van der Waals surface area contributed by atoms with E-state index in [1.54, 1.807) is 31.3 Å². The van der Waals surface area contributed by atoms with Crippen LogP contribution in [0.2, 0.25) is 10.0 Å². The van der Waals surface area contributed by atoms with Gasteiger partial charge in [-0.2, -0.15) is 0 Å². The molecule has 1 unspecified atom stereocenters. The van der Waals surface area contributed by atoms with Crippen LogP contribution in [0.3, 0.4) is 0 Å². The molecule has 7 heteroatoms. The van der Waals surface area contributed by atoms with E-state index in [0.717, 1.165) is 4.88 Å². The summed E-state index contributed by atoms with van der Waals surface area (Å²) < 4.78 is 5.51. The molecule has 106 valence electrons. The van der Waals surface area contributed by atoms with Crippen LogP contribution in [0.5, 0.6) is 5.75 Å². The highest BCUT2D eigenvalue weighted by molar-refractivity contribution is 7.15. The summed E-state index contributed by atoms with van der Waals surface area (Å²) in [6, 6.07) is 4.85. The highest BCUT2D eigenvalue weighted by Gasteiger charge is 2.16. The van der Waals surface area contributed by atoms with Gasteiger partial charge in [-0.25, -0.2) is 4.98 Å². The summed E-state index contributed by atoms with van der Waals surface area (Å²) in [6.07, 6.45) is 1.03. The molecule has 0 saturated heterocycles. The molecule has 0 radical (unpaired) electrons. The molecule has 0 aliphatic carbocycles. The van der Waals surface area contributed by atoms with Gasteiger partial charge in [0, 0.05) is 17.1 Å². The molecule has 0 bridgehead atoms. The number of benzene rings is 1. The third kappa shape index (κ3) is 3.85. The predicted molar refractivity (Wildman–Crippen MR) is 82.0 cm³/mol. The van der Waals surface area contributed by atoms with Gasteiger partial charge in [-0.05, 0) is 26.0 Å². The van der Waals surface area contributed by atoms with Crippen LogP contribution < -0.4 is 10.1 Å². The number of carbonyl (C=O) groups excluding carboxylic acids is 1. The highest BCUT2D eigenvalue weighted by atomic mass is 35.5. The first-order chi connectivity index (χ1) is 9.45. The Kier molecular flexibility index (Phi) is 4.86. The fourth-order valence-electron chi connectivity index (χ4n) is 1.43. The zero-order chi connectivity index (χ0) is 14.7. The molecule has 4 nitrogen and oxygen atoms in total. The quantitative estimate of drug-likeness (QED) is 0.915. The number of aromatic nitrogens is 1. The third-order valence-corrected chi connectivity index (χ3v) is 3.99. The van der Waals surface area contributed by atoms with E-state index in [1.165, 1.54) is 11.3 Å². The Morgan fingerprint density at radius 2 is 2.15 bits per heavy atom. The number of aryl methyl sites for hydroxylation is 1. The van der Waals surface area contributed by atoms with Crippen LogP contribution in [0.25, 0.3) is 0 Å². The molecule has 0 saturated carbocycles. The normalized spacial score (nSPS) is 12.0. The van der Waals surface area contributed by atoms with Gasteiger partial charge in [0.1, 0.15) is 5.75 Å². The zero-order valence-electron chi connectivity index (χ0n) is 10.8. The first-order valence-electron chi connectivity index (χ1n) is 5.80. The minimum Gasteiger partial charge on any atom is -0.481 e. The molecule has 1 N–H and O–H groups in total. The lowest BCUT2D eigenvalue weighted by Crippen LogP contribution is -2.30. The summed E-state index contributed by atoms with van der Waals surface area (Å²) in [5.41, 5.74) is 0. The number of ether oxygens (including phenoxy) is 1. The maximum absolute atomic E-state index is 11.9. The summed E-state index contributed by atoms with van der Waals surface area (Å²) in [5, 5.41) is 4.07. The van der Waals surface area contributed by atoms with Crippen molar-refractivity contribution in [3.8, 4) is 5.75 Å². The second-order valence-corrected chi connectivity index (χ2v) is 6.15. The molecule has 1 aromatic carbocycles. The first kappa shape index (κ1) is 15.1. The number of amides is 1. The van der Waals surface area contributed by atoms with Crippen LogP contribution in [-0.4, -0.2) is 17.0 Å². The van der Waals surface area contributed by atoms with Crippen LogP contribution >= 0.6 is 34.5 Å². The van der Waals surface area contributed by atoms with E-state index in [1.807, 2.05) is 6.92 Å². The van der Waals surface area contributed by atoms with Gasteiger partial charge < -0.3 is 4.74 Å². The molecule has 0 aliphatic heterocycles. The molecule has 0 aliphatic rings. The molecule has 0 spiro atoms. The smallest absolute Gasteiger partial charge is 0.266 e. The number of nitrogens with zero attached hydrogens (tertiary/aromatic N) is 1. The predicted octanol–water partition coefficient (Wildman–Crippen LogP) is 4.16. The number of rotatable bonds is 4. The Bertz CT molecular complexity index is 631. The van der Waals surface area contributed by atoms with E-state index in [2.05, 4.69) is 10.3 Å². The summed E-state index contributed by atoms with van der Waals surface area (Å²) >= 11 is 13.1. The molecule has 1 aromatic heterocycles. The molecule has 2 aromatic rings. The Balaban J connectivity index is 1.98. The summed E-state index contributed by atoms with van der Waals surface area (Å²) in [7, 11) is 0. The lowest BCUT2D eigenvalue weighted by Gasteiger charge is -2.14. The second kappa shape index (κ2) is 6.43. The molecule has 2 rings (SSSR count). The number of anilines is 1. The van der Waals surface area contributed by atoms with E-state index in [-0.39, 0.29) is 5.91 Å². The molecule has 0 fully saturated rings. The Morgan fingerprint density at radius 3 is 2.75 bits per heavy atom. The van der Waals surface area contributed by atoms with Crippen molar-refractivity contribution >= 4 is 45.6 Å². The number of thiazole rings is 1.